The first-order chi connectivity index (χ1) is 25.2. The highest BCUT2D eigenvalue weighted by molar-refractivity contribution is 6.04. The van der Waals surface area contributed by atoms with E-state index in [9.17, 15) is 14.4 Å². The number of para-hydroxylation sites is 3. The minimum atomic E-state index is -0.451. The monoisotopic (exact) mass is 732 g/mol. The van der Waals surface area contributed by atoms with Gasteiger partial charge in [0, 0.05) is 31.5 Å². The molecule has 16 nitrogen and oxygen atoms in total. The summed E-state index contributed by atoms with van der Waals surface area (Å²) in [7, 11) is 1.50. The molecule has 0 spiro atoms. The second-order valence-electron chi connectivity index (χ2n) is 11.4. The van der Waals surface area contributed by atoms with Gasteiger partial charge in [-0.3, -0.25) is 30.9 Å². The number of benzene rings is 3. The molecule has 16 heteroatoms. The van der Waals surface area contributed by atoms with Crippen LogP contribution in [0.15, 0.2) is 69.6 Å². The lowest BCUT2D eigenvalue weighted by Gasteiger charge is -2.14. The van der Waals surface area contributed by atoms with Gasteiger partial charge in [-0.05, 0) is 88.8 Å². The number of ether oxygens (including phenoxy) is 1. The van der Waals surface area contributed by atoms with Crippen LogP contribution in [0.2, 0.25) is 0 Å². The molecular formula is C37H56N12O4. The fraction of sp³-hybridized carbons (Fsp3) is 0.351. The normalized spacial score (nSPS) is 11.1. The highest BCUT2D eigenvalue weighted by atomic mass is 16.5. The SMILES string of the molecule is CCCN=C(N)NC(=O)Nc1c(C)cccc1C.CCN=C(N)NC(=O)Nc1c(C)cccc1C.CCOc1cccc(C)c1NC(=O)NC(N)=NC. The zero-order valence-corrected chi connectivity index (χ0v) is 32.2. The van der Waals surface area contributed by atoms with Crippen molar-refractivity contribution in [3.8, 4) is 5.75 Å². The average molecular weight is 733 g/mol. The molecule has 0 radical (unpaired) electrons. The summed E-state index contributed by atoms with van der Waals surface area (Å²) in [5.74, 6) is 0.940. The summed E-state index contributed by atoms with van der Waals surface area (Å²) in [6.07, 6.45) is 0.890. The van der Waals surface area contributed by atoms with Crippen LogP contribution in [0.5, 0.6) is 5.75 Å². The zero-order chi connectivity index (χ0) is 39.9. The van der Waals surface area contributed by atoms with Gasteiger partial charge >= 0.3 is 18.1 Å². The van der Waals surface area contributed by atoms with Gasteiger partial charge in [-0.15, -0.1) is 0 Å². The van der Waals surface area contributed by atoms with Crippen molar-refractivity contribution in [3.63, 3.8) is 0 Å². The molecule has 288 valence electrons. The number of hydrogen-bond acceptors (Lipinski definition) is 7. The molecule has 0 fully saturated rings. The molecule has 0 bridgehead atoms. The van der Waals surface area contributed by atoms with E-state index >= 15 is 0 Å². The second kappa shape index (κ2) is 24.0. The first-order valence-electron chi connectivity index (χ1n) is 17.1. The summed E-state index contributed by atoms with van der Waals surface area (Å²) in [5, 5.41) is 15.6. The Morgan fingerprint density at radius 2 is 0.962 bits per heavy atom. The fourth-order valence-electron chi connectivity index (χ4n) is 4.42. The third-order valence-corrected chi connectivity index (χ3v) is 7.01. The number of urea groups is 3. The zero-order valence-electron chi connectivity index (χ0n) is 32.2. The number of guanidine groups is 3. The Morgan fingerprint density at radius 1 is 0.585 bits per heavy atom. The Labute approximate surface area is 312 Å². The van der Waals surface area contributed by atoms with E-state index in [1.165, 1.54) is 7.05 Å². The van der Waals surface area contributed by atoms with Crippen molar-refractivity contribution in [2.45, 2.75) is 61.8 Å². The molecule has 3 rings (SSSR count). The molecule has 12 N–H and O–H groups in total. The number of carbonyl (C=O) groups is 3. The van der Waals surface area contributed by atoms with Crippen LogP contribution in [0.4, 0.5) is 31.4 Å². The summed E-state index contributed by atoms with van der Waals surface area (Å²) in [5.41, 5.74) is 23.6. The van der Waals surface area contributed by atoms with Crippen LogP contribution in [0, 0.1) is 34.6 Å². The Kier molecular flexibility index (Phi) is 20.2. The number of anilines is 3. The van der Waals surface area contributed by atoms with Gasteiger partial charge in [-0.25, -0.2) is 14.4 Å². The minimum absolute atomic E-state index is 0.0547. The lowest BCUT2D eigenvalue weighted by Crippen LogP contribution is -2.40. The van der Waals surface area contributed by atoms with Crippen LogP contribution in [0.3, 0.4) is 0 Å². The largest absolute Gasteiger partial charge is 0.492 e. The number of amides is 6. The Bertz CT molecular complexity index is 1720. The molecular weight excluding hydrogens is 676 g/mol. The minimum Gasteiger partial charge on any atom is -0.492 e. The summed E-state index contributed by atoms with van der Waals surface area (Å²) < 4.78 is 5.45. The van der Waals surface area contributed by atoms with Crippen LogP contribution in [0.1, 0.15) is 55.0 Å². The van der Waals surface area contributed by atoms with Gasteiger partial charge in [-0.1, -0.05) is 55.5 Å². The number of rotatable bonds is 8. The van der Waals surface area contributed by atoms with Gasteiger partial charge in [0.15, 0.2) is 17.9 Å². The first kappa shape index (κ1) is 44.7. The molecule has 0 saturated heterocycles. The molecule has 6 amide bonds. The summed E-state index contributed by atoms with van der Waals surface area (Å²) in [4.78, 5) is 46.5. The van der Waals surface area contributed by atoms with Crippen molar-refractivity contribution < 1.29 is 19.1 Å². The quantitative estimate of drug-likeness (QED) is 0.108. The topological polar surface area (TPSA) is 248 Å². The number of carbonyl (C=O) groups excluding carboxylic acids is 3. The number of nitrogens with one attached hydrogen (secondary N) is 6. The van der Waals surface area contributed by atoms with Gasteiger partial charge in [0.05, 0.1) is 12.3 Å². The summed E-state index contributed by atoms with van der Waals surface area (Å²) in [6, 6.07) is 16.0. The maximum atomic E-state index is 11.7. The number of hydrogen-bond donors (Lipinski definition) is 9. The van der Waals surface area contributed by atoms with Crippen LogP contribution in [-0.4, -0.2) is 62.7 Å². The van der Waals surface area contributed by atoms with Crippen LogP contribution < -0.4 is 53.8 Å². The summed E-state index contributed by atoms with van der Waals surface area (Å²) in [6.45, 7) is 17.0. The third-order valence-electron chi connectivity index (χ3n) is 7.01. The number of nitrogens with zero attached hydrogens (tertiary/aromatic N) is 3. The predicted octanol–water partition coefficient (Wildman–Crippen LogP) is 5.37. The van der Waals surface area contributed by atoms with E-state index in [1.54, 1.807) is 6.07 Å². The van der Waals surface area contributed by atoms with E-state index < -0.39 is 6.03 Å². The molecule has 0 heterocycles. The van der Waals surface area contributed by atoms with Crippen molar-refractivity contribution in [1.82, 2.24) is 16.0 Å². The van der Waals surface area contributed by atoms with Crippen molar-refractivity contribution in [3.05, 3.63) is 82.4 Å². The number of nitrogens with two attached hydrogens (primary N) is 3. The molecule has 0 unspecified atom stereocenters. The standard InChI is InChI=1S/C13H20N4O.C12H18N4O2.C12H18N4O/c1-4-8-15-12(14)17-13(18)16-11-9(2)6-5-7-10(11)3;1-4-18-9-7-5-6-8(2)10(9)15-12(17)16-11(13)14-3;1-4-14-11(13)16-12(17)15-10-8(2)6-5-7-9(10)3/h5-7H,4,8H2,1-3H3,(H4,14,15,16,17,18);5-7H,4H2,1-3H3,(H4,13,14,15,16,17);5-7H,4H2,1-3H3,(H4,13,14,15,16,17). The van der Waals surface area contributed by atoms with Gasteiger partial charge in [0.1, 0.15) is 5.75 Å². The van der Waals surface area contributed by atoms with E-state index in [0.29, 0.717) is 31.1 Å². The van der Waals surface area contributed by atoms with Gasteiger partial charge < -0.3 is 37.9 Å². The lowest BCUT2D eigenvalue weighted by molar-refractivity contribution is 0.255. The molecule has 53 heavy (non-hydrogen) atoms. The summed E-state index contributed by atoms with van der Waals surface area (Å²) >= 11 is 0. The number of aliphatic imine (C=N–C) groups is 3. The van der Waals surface area contributed by atoms with Crippen molar-refractivity contribution >= 4 is 53.0 Å². The highest BCUT2D eigenvalue weighted by Gasteiger charge is 2.11. The van der Waals surface area contributed by atoms with E-state index in [4.69, 9.17) is 21.9 Å². The Hall–Kier alpha value is -6.32. The van der Waals surface area contributed by atoms with E-state index in [-0.39, 0.29) is 29.9 Å². The van der Waals surface area contributed by atoms with Gasteiger partial charge in [0.25, 0.3) is 0 Å². The molecule has 0 saturated carbocycles. The first-order valence-corrected chi connectivity index (χ1v) is 17.1. The smallest absolute Gasteiger partial charge is 0.326 e. The lowest BCUT2D eigenvalue weighted by atomic mass is 10.1. The Morgan fingerprint density at radius 3 is 1.36 bits per heavy atom. The molecule has 0 aliphatic rings. The van der Waals surface area contributed by atoms with Crippen LogP contribution in [0.25, 0.3) is 0 Å². The molecule has 0 aromatic heterocycles. The maximum Gasteiger partial charge on any atom is 0.326 e. The molecule has 0 aliphatic heterocycles. The molecule has 0 atom stereocenters. The molecule has 0 aliphatic carbocycles. The van der Waals surface area contributed by atoms with Crippen LogP contribution >= 0.6 is 0 Å². The number of aryl methyl sites for hydroxylation is 5. The Balaban J connectivity index is 0.000000398. The molecule has 3 aromatic rings. The maximum absolute atomic E-state index is 11.7. The van der Waals surface area contributed by atoms with E-state index in [2.05, 4.69) is 46.9 Å². The van der Waals surface area contributed by atoms with Gasteiger partial charge in [0.2, 0.25) is 0 Å². The average Bonchev–Trinajstić information content (AvgIpc) is 3.09. The fourth-order valence-corrected chi connectivity index (χ4v) is 4.42. The highest BCUT2D eigenvalue weighted by Crippen LogP contribution is 2.28. The second-order valence-corrected chi connectivity index (χ2v) is 11.4. The van der Waals surface area contributed by atoms with E-state index in [1.807, 2.05) is 104 Å². The van der Waals surface area contributed by atoms with Crippen LogP contribution in [-0.2, 0) is 0 Å². The molecule has 3 aromatic carbocycles. The third kappa shape index (κ3) is 17.0. The van der Waals surface area contributed by atoms with Gasteiger partial charge in [-0.2, -0.15) is 0 Å². The van der Waals surface area contributed by atoms with Crippen molar-refractivity contribution in [1.29, 1.82) is 0 Å². The van der Waals surface area contributed by atoms with E-state index in [0.717, 1.165) is 45.6 Å². The predicted molar refractivity (Wildman–Crippen MR) is 217 cm³/mol. The van der Waals surface area contributed by atoms with Crippen molar-refractivity contribution in [2.24, 2.45) is 32.2 Å². The van der Waals surface area contributed by atoms with Crippen molar-refractivity contribution in [2.75, 3.05) is 42.7 Å².